The predicted octanol–water partition coefficient (Wildman–Crippen LogP) is 3.16. The van der Waals surface area contributed by atoms with Crippen LogP contribution in [0.15, 0.2) is 24.3 Å². The number of carbonyl (C=O) groups is 2. The van der Waals surface area contributed by atoms with Crippen LogP contribution in [0.3, 0.4) is 0 Å². The molecule has 0 aliphatic carbocycles. The molecule has 1 amide bonds. The smallest absolute Gasteiger partial charge is 0.350 e. The molecule has 6 nitrogen and oxygen atoms in total. The van der Waals surface area contributed by atoms with Gasteiger partial charge >= 0.3 is 5.97 Å². The van der Waals surface area contributed by atoms with Crippen molar-refractivity contribution in [3.63, 3.8) is 0 Å². The molecule has 2 aromatic rings. The first-order valence-electron chi connectivity index (χ1n) is 7.32. The fourth-order valence-corrected chi connectivity index (χ4v) is 3.15. The van der Waals surface area contributed by atoms with Crippen molar-refractivity contribution < 1.29 is 19.1 Å². The third kappa shape index (κ3) is 3.41. The van der Waals surface area contributed by atoms with E-state index in [0.29, 0.717) is 21.5 Å². The molecule has 7 heteroatoms. The molecule has 128 valence electrons. The number of nitrogens with one attached hydrogen (secondary N) is 1. The number of rotatable bonds is 5. The molecular formula is C17H20N2O4S. The lowest BCUT2D eigenvalue weighted by atomic mass is 9.83. The number of esters is 1. The van der Waals surface area contributed by atoms with Gasteiger partial charge in [-0.05, 0) is 26.8 Å². The quantitative estimate of drug-likeness (QED) is 0.840. The van der Waals surface area contributed by atoms with E-state index in [1.807, 2.05) is 38.1 Å². The molecule has 0 radical (unpaired) electrons. The van der Waals surface area contributed by atoms with Gasteiger partial charge in [-0.25, -0.2) is 9.78 Å². The monoisotopic (exact) mass is 348 g/mol. The Balaban J connectivity index is 2.27. The summed E-state index contributed by atoms with van der Waals surface area (Å²) in [7, 11) is 2.88. The number of hydrogen-bond acceptors (Lipinski definition) is 6. The van der Waals surface area contributed by atoms with E-state index in [9.17, 15) is 9.59 Å². The normalized spacial score (nSPS) is 11.0. The molecule has 0 spiro atoms. The van der Waals surface area contributed by atoms with Gasteiger partial charge in [0, 0.05) is 5.56 Å². The largest absolute Gasteiger partial charge is 0.496 e. The highest BCUT2D eigenvalue weighted by Gasteiger charge is 2.33. The van der Waals surface area contributed by atoms with Crippen LogP contribution < -0.4 is 10.1 Å². The van der Waals surface area contributed by atoms with Crippen LogP contribution >= 0.6 is 11.3 Å². The lowest BCUT2D eigenvalue weighted by Crippen LogP contribution is -2.35. The zero-order valence-corrected chi connectivity index (χ0v) is 15.1. The molecule has 24 heavy (non-hydrogen) atoms. The molecular weight excluding hydrogens is 328 g/mol. The van der Waals surface area contributed by atoms with Gasteiger partial charge in [-0.2, -0.15) is 0 Å². The van der Waals surface area contributed by atoms with E-state index in [2.05, 4.69) is 10.3 Å². The average molecular weight is 348 g/mol. The van der Waals surface area contributed by atoms with Crippen LogP contribution in [0.4, 0.5) is 5.13 Å². The predicted molar refractivity (Wildman–Crippen MR) is 92.8 cm³/mol. The van der Waals surface area contributed by atoms with Crippen molar-refractivity contribution in [2.75, 3.05) is 19.5 Å². The molecule has 1 N–H and O–H groups in total. The number of methoxy groups -OCH3 is 2. The topological polar surface area (TPSA) is 77.5 Å². The van der Waals surface area contributed by atoms with Gasteiger partial charge in [0.1, 0.15) is 10.6 Å². The first kappa shape index (κ1) is 17.9. The van der Waals surface area contributed by atoms with Gasteiger partial charge in [-0.1, -0.05) is 29.5 Å². The molecule has 0 unspecified atom stereocenters. The van der Waals surface area contributed by atoms with Crippen LogP contribution in [-0.2, 0) is 14.9 Å². The molecule has 0 bridgehead atoms. The molecule has 2 rings (SSSR count). The van der Waals surface area contributed by atoms with Crippen LogP contribution in [0.25, 0.3) is 0 Å². The number of ether oxygens (including phenoxy) is 2. The lowest BCUT2D eigenvalue weighted by Gasteiger charge is -2.25. The van der Waals surface area contributed by atoms with Gasteiger partial charge in [0.2, 0.25) is 5.91 Å². The Morgan fingerprint density at radius 1 is 1.21 bits per heavy atom. The number of carbonyl (C=O) groups excluding carboxylic acids is 2. The van der Waals surface area contributed by atoms with Crippen molar-refractivity contribution in [3.8, 4) is 5.75 Å². The summed E-state index contributed by atoms with van der Waals surface area (Å²) in [5.41, 5.74) is 0.459. The van der Waals surface area contributed by atoms with E-state index >= 15 is 0 Å². The number of para-hydroxylation sites is 1. The van der Waals surface area contributed by atoms with Crippen molar-refractivity contribution in [2.45, 2.75) is 26.2 Å². The first-order chi connectivity index (χ1) is 11.3. The summed E-state index contributed by atoms with van der Waals surface area (Å²) in [5.74, 6) is -0.0603. The SMILES string of the molecule is COC(=O)c1sc(NC(=O)C(C)(C)c2ccccc2OC)nc1C. The Hall–Kier alpha value is -2.41. The minimum Gasteiger partial charge on any atom is -0.496 e. The van der Waals surface area contributed by atoms with E-state index in [4.69, 9.17) is 9.47 Å². The number of anilines is 1. The van der Waals surface area contributed by atoms with Crippen molar-refractivity contribution in [1.29, 1.82) is 0 Å². The molecule has 1 aromatic carbocycles. The summed E-state index contributed by atoms with van der Waals surface area (Å²) >= 11 is 1.09. The fraction of sp³-hybridized carbons (Fsp3) is 0.353. The van der Waals surface area contributed by atoms with E-state index < -0.39 is 11.4 Å². The van der Waals surface area contributed by atoms with E-state index in [1.165, 1.54) is 7.11 Å². The van der Waals surface area contributed by atoms with Gasteiger partial charge in [-0.3, -0.25) is 4.79 Å². The average Bonchev–Trinajstić information content (AvgIpc) is 2.94. The lowest BCUT2D eigenvalue weighted by molar-refractivity contribution is -0.120. The number of thiazole rings is 1. The highest BCUT2D eigenvalue weighted by atomic mass is 32.1. The maximum absolute atomic E-state index is 12.7. The Labute approximate surface area is 144 Å². The summed E-state index contributed by atoms with van der Waals surface area (Å²) in [6, 6.07) is 7.37. The van der Waals surface area contributed by atoms with E-state index in [1.54, 1.807) is 14.0 Å². The number of amides is 1. The summed E-state index contributed by atoms with van der Waals surface area (Å²) in [5, 5.41) is 3.14. The molecule has 0 saturated carbocycles. The highest BCUT2D eigenvalue weighted by Crippen LogP contribution is 2.33. The van der Waals surface area contributed by atoms with Crippen LogP contribution in [0.1, 0.15) is 34.8 Å². The second kappa shape index (κ2) is 7.00. The third-order valence-corrected chi connectivity index (χ3v) is 4.79. The standard InChI is InChI=1S/C17H20N2O4S/c1-10-13(14(20)23-5)24-16(18-10)19-15(21)17(2,3)11-8-6-7-9-12(11)22-4/h6-9H,1-5H3,(H,18,19,21). The fourth-order valence-electron chi connectivity index (χ4n) is 2.27. The molecule has 0 atom stereocenters. The Morgan fingerprint density at radius 3 is 2.50 bits per heavy atom. The molecule has 1 aromatic heterocycles. The van der Waals surface area contributed by atoms with Crippen molar-refractivity contribution >= 4 is 28.3 Å². The zero-order valence-electron chi connectivity index (χ0n) is 14.3. The number of hydrogen-bond donors (Lipinski definition) is 1. The third-order valence-electron chi connectivity index (χ3n) is 3.74. The second-order valence-corrected chi connectivity index (χ2v) is 6.70. The molecule has 0 saturated heterocycles. The van der Waals surface area contributed by atoms with Gasteiger partial charge in [-0.15, -0.1) is 0 Å². The van der Waals surface area contributed by atoms with Crippen LogP contribution in [0.5, 0.6) is 5.75 Å². The van der Waals surface area contributed by atoms with Gasteiger partial charge in [0.25, 0.3) is 0 Å². The number of nitrogens with zero attached hydrogens (tertiary/aromatic N) is 1. The van der Waals surface area contributed by atoms with Gasteiger partial charge < -0.3 is 14.8 Å². The number of aryl methyl sites for hydroxylation is 1. The van der Waals surface area contributed by atoms with Crippen LogP contribution in [-0.4, -0.2) is 31.1 Å². The zero-order chi connectivity index (χ0) is 17.9. The summed E-state index contributed by atoms with van der Waals surface area (Å²) in [6.07, 6.45) is 0. The Kier molecular flexibility index (Phi) is 5.23. The highest BCUT2D eigenvalue weighted by molar-refractivity contribution is 7.17. The minimum absolute atomic E-state index is 0.239. The number of aromatic nitrogens is 1. The Morgan fingerprint density at radius 2 is 1.88 bits per heavy atom. The van der Waals surface area contributed by atoms with Gasteiger partial charge in [0.05, 0.1) is 25.3 Å². The van der Waals surface area contributed by atoms with Crippen molar-refractivity contribution in [1.82, 2.24) is 4.98 Å². The van der Waals surface area contributed by atoms with Crippen LogP contribution in [0, 0.1) is 6.92 Å². The summed E-state index contributed by atoms with van der Waals surface area (Å²) in [6.45, 7) is 5.31. The summed E-state index contributed by atoms with van der Waals surface area (Å²) < 4.78 is 10.1. The van der Waals surface area contributed by atoms with Gasteiger partial charge in [0.15, 0.2) is 5.13 Å². The van der Waals surface area contributed by atoms with Crippen molar-refractivity contribution in [2.24, 2.45) is 0 Å². The maximum Gasteiger partial charge on any atom is 0.350 e. The molecule has 0 fully saturated rings. The molecule has 0 aliphatic rings. The second-order valence-electron chi connectivity index (χ2n) is 5.70. The van der Waals surface area contributed by atoms with E-state index in [0.717, 1.165) is 16.9 Å². The van der Waals surface area contributed by atoms with Crippen LogP contribution in [0.2, 0.25) is 0 Å². The molecule has 1 heterocycles. The minimum atomic E-state index is -0.836. The first-order valence-corrected chi connectivity index (χ1v) is 8.13. The maximum atomic E-state index is 12.7. The molecule has 0 aliphatic heterocycles. The number of benzene rings is 1. The summed E-state index contributed by atoms with van der Waals surface area (Å²) in [4.78, 5) is 29.0. The van der Waals surface area contributed by atoms with E-state index in [-0.39, 0.29) is 5.91 Å². The van der Waals surface area contributed by atoms with Crippen molar-refractivity contribution in [3.05, 3.63) is 40.4 Å². The Bertz CT molecular complexity index is 768.